The molecule has 5 nitrogen and oxygen atoms in total. The molecule has 0 bridgehead atoms. The van der Waals surface area contributed by atoms with E-state index < -0.39 is 17.8 Å². The van der Waals surface area contributed by atoms with Gasteiger partial charge in [-0.1, -0.05) is 18.6 Å². The Bertz CT molecular complexity index is 762. The average molecular weight is 366 g/mol. The van der Waals surface area contributed by atoms with E-state index in [1.807, 2.05) is 12.1 Å². The van der Waals surface area contributed by atoms with Crippen LogP contribution in [0.3, 0.4) is 0 Å². The first-order valence-corrected chi connectivity index (χ1v) is 8.57. The molecule has 0 spiro atoms. The monoisotopic (exact) mass is 366 g/mol. The standard InChI is InChI=1S/C18H21F3N4O/c1-24-15(11-16(23-24)18(19,20)21)17(26)22-14-7-5-13(6-8-14)12-25-9-3-2-4-10-25/h5-8,11H,2-4,9-10,12H2,1H3,(H,22,26). The number of alkyl halides is 3. The molecule has 3 rings (SSSR count). The smallest absolute Gasteiger partial charge is 0.321 e. The fourth-order valence-corrected chi connectivity index (χ4v) is 3.08. The molecule has 26 heavy (non-hydrogen) atoms. The zero-order chi connectivity index (χ0) is 18.7. The van der Waals surface area contributed by atoms with Crippen LogP contribution in [0.5, 0.6) is 0 Å². The normalized spacial score (nSPS) is 15.8. The van der Waals surface area contributed by atoms with Crippen molar-refractivity contribution in [2.45, 2.75) is 32.0 Å². The number of benzene rings is 1. The number of halogens is 3. The van der Waals surface area contributed by atoms with Gasteiger partial charge in [0.25, 0.3) is 5.91 Å². The Morgan fingerprint density at radius 1 is 1.15 bits per heavy atom. The molecule has 0 radical (unpaired) electrons. The summed E-state index contributed by atoms with van der Waals surface area (Å²) < 4.78 is 39.0. The highest BCUT2D eigenvalue weighted by atomic mass is 19.4. The predicted octanol–water partition coefficient (Wildman–Crippen LogP) is 3.68. The van der Waals surface area contributed by atoms with Crippen LogP contribution in [0.25, 0.3) is 0 Å². The number of nitrogens with zero attached hydrogens (tertiary/aromatic N) is 3. The lowest BCUT2D eigenvalue weighted by Gasteiger charge is -2.26. The molecule has 8 heteroatoms. The molecule has 1 aromatic carbocycles. The van der Waals surface area contributed by atoms with Gasteiger partial charge in [-0.2, -0.15) is 18.3 Å². The Kier molecular flexibility index (Phi) is 5.31. The highest BCUT2D eigenvalue weighted by Crippen LogP contribution is 2.28. The van der Waals surface area contributed by atoms with E-state index in [4.69, 9.17) is 0 Å². The van der Waals surface area contributed by atoms with E-state index in [9.17, 15) is 18.0 Å². The van der Waals surface area contributed by atoms with Crippen LogP contribution in [0.1, 0.15) is 41.0 Å². The van der Waals surface area contributed by atoms with Gasteiger partial charge in [0.1, 0.15) is 5.69 Å². The van der Waals surface area contributed by atoms with E-state index in [-0.39, 0.29) is 5.69 Å². The molecule has 0 unspecified atom stereocenters. The third-order valence-corrected chi connectivity index (χ3v) is 4.47. The number of likely N-dealkylation sites (tertiary alicyclic amines) is 1. The molecule has 2 heterocycles. The Balaban J connectivity index is 1.63. The second-order valence-electron chi connectivity index (χ2n) is 6.52. The van der Waals surface area contributed by atoms with Gasteiger partial charge in [0.15, 0.2) is 5.69 Å². The van der Waals surface area contributed by atoms with Crippen LogP contribution in [0.4, 0.5) is 18.9 Å². The minimum Gasteiger partial charge on any atom is -0.321 e. The van der Waals surface area contributed by atoms with Crippen LogP contribution >= 0.6 is 0 Å². The average Bonchev–Trinajstić information content (AvgIpc) is 3.00. The maximum absolute atomic E-state index is 12.7. The topological polar surface area (TPSA) is 50.2 Å². The Morgan fingerprint density at radius 2 is 1.81 bits per heavy atom. The Morgan fingerprint density at radius 3 is 2.38 bits per heavy atom. The number of carbonyl (C=O) groups is 1. The number of aromatic nitrogens is 2. The molecule has 1 amide bonds. The first kappa shape index (κ1) is 18.4. The first-order valence-electron chi connectivity index (χ1n) is 8.57. The maximum atomic E-state index is 12.7. The lowest BCUT2D eigenvalue weighted by Crippen LogP contribution is -2.29. The van der Waals surface area contributed by atoms with Crippen molar-refractivity contribution in [2.75, 3.05) is 18.4 Å². The number of rotatable bonds is 4. The van der Waals surface area contributed by atoms with E-state index in [1.165, 1.54) is 26.3 Å². The van der Waals surface area contributed by atoms with Crippen LogP contribution in [-0.2, 0) is 19.8 Å². The highest BCUT2D eigenvalue weighted by Gasteiger charge is 2.35. The molecule has 1 aliphatic rings. The van der Waals surface area contributed by atoms with E-state index in [0.29, 0.717) is 5.69 Å². The third kappa shape index (κ3) is 4.43. The van der Waals surface area contributed by atoms with Gasteiger partial charge in [0.05, 0.1) is 0 Å². The number of hydrogen-bond acceptors (Lipinski definition) is 3. The molecule has 2 aromatic rings. The van der Waals surface area contributed by atoms with Crippen molar-refractivity contribution < 1.29 is 18.0 Å². The van der Waals surface area contributed by atoms with Crippen molar-refractivity contribution in [3.63, 3.8) is 0 Å². The first-order chi connectivity index (χ1) is 12.3. The van der Waals surface area contributed by atoms with Crippen molar-refractivity contribution in [2.24, 2.45) is 7.05 Å². The largest absolute Gasteiger partial charge is 0.435 e. The number of amides is 1. The van der Waals surface area contributed by atoms with Gasteiger partial charge in [0.2, 0.25) is 0 Å². The molecule has 1 saturated heterocycles. The zero-order valence-electron chi connectivity index (χ0n) is 14.5. The summed E-state index contributed by atoms with van der Waals surface area (Å²) in [5, 5.41) is 5.96. The summed E-state index contributed by atoms with van der Waals surface area (Å²) in [4.78, 5) is 14.6. The van der Waals surface area contributed by atoms with Crippen LogP contribution in [0, 0.1) is 0 Å². The number of carbonyl (C=O) groups excluding carboxylic acids is 1. The number of aryl methyl sites for hydroxylation is 1. The fourth-order valence-electron chi connectivity index (χ4n) is 3.08. The van der Waals surface area contributed by atoms with E-state index in [0.717, 1.165) is 35.9 Å². The fraction of sp³-hybridized carbons (Fsp3) is 0.444. The van der Waals surface area contributed by atoms with Crippen molar-refractivity contribution >= 4 is 11.6 Å². The number of nitrogens with one attached hydrogen (secondary N) is 1. The summed E-state index contributed by atoms with van der Waals surface area (Å²) in [7, 11) is 1.31. The van der Waals surface area contributed by atoms with Gasteiger partial charge >= 0.3 is 6.18 Å². The van der Waals surface area contributed by atoms with Gasteiger partial charge in [-0.25, -0.2) is 0 Å². The summed E-state index contributed by atoms with van der Waals surface area (Å²) in [6, 6.07) is 8.12. The summed E-state index contributed by atoms with van der Waals surface area (Å²) in [5.41, 5.74) is 0.452. The van der Waals surface area contributed by atoms with Crippen LogP contribution in [-0.4, -0.2) is 33.7 Å². The molecule has 1 aromatic heterocycles. The van der Waals surface area contributed by atoms with Gasteiger partial charge < -0.3 is 5.32 Å². The summed E-state index contributed by atoms with van der Waals surface area (Å²) in [5.74, 6) is -0.626. The van der Waals surface area contributed by atoms with Gasteiger partial charge in [0, 0.05) is 25.3 Å². The maximum Gasteiger partial charge on any atom is 0.435 e. The third-order valence-electron chi connectivity index (χ3n) is 4.47. The molecule has 1 fully saturated rings. The van der Waals surface area contributed by atoms with Crippen LogP contribution in [0.15, 0.2) is 30.3 Å². The van der Waals surface area contributed by atoms with Crippen LogP contribution in [0.2, 0.25) is 0 Å². The number of piperidine rings is 1. The molecule has 0 aliphatic carbocycles. The Labute approximate surface area is 149 Å². The quantitative estimate of drug-likeness (QED) is 0.898. The summed E-state index contributed by atoms with van der Waals surface area (Å²) in [6.07, 6.45) is -0.852. The lowest BCUT2D eigenvalue weighted by molar-refractivity contribution is -0.141. The van der Waals surface area contributed by atoms with E-state index in [1.54, 1.807) is 12.1 Å². The van der Waals surface area contributed by atoms with E-state index in [2.05, 4.69) is 15.3 Å². The second-order valence-corrected chi connectivity index (χ2v) is 6.52. The van der Waals surface area contributed by atoms with Crippen molar-refractivity contribution in [3.8, 4) is 0 Å². The highest BCUT2D eigenvalue weighted by molar-refractivity contribution is 6.03. The predicted molar refractivity (Wildman–Crippen MR) is 91.7 cm³/mol. The van der Waals surface area contributed by atoms with E-state index >= 15 is 0 Å². The number of anilines is 1. The van der Waals surface area contributed by atoms with Gasteiger partial charge in [-0.3, -0.25) is 14.4 Å². The molecule has 0 saturated carbocycles. The zero-order valence-corrected chi connectivity index (χ0v) is 14.5. The number of hydrogen-bond donors (Lipinski definition) is 1. The molecular weight excluding hydrogens is 345 g/mol. The Hall–Kier alpha value is -2.35. The molecule has 0 atom stereocenters. The second kappa shape index (κ2) is 7.49. The van der Waals surface area contributed by atoms with Crippen molar-refractivity contribution in [1.82, 2.24) is 14.7 Å². The van der Waals surface area contributed by atoms with Crippen LogP contribution < -0.4 is 5.32 Å². The summed E-state index contributed by atoms with van der Waals surface area (Å²) in [6.45, 7) is 3.06. The minimum absolute atomic E-state index is 0.144. The van der Waals surface area contributed by atoms with Crippen molar-refractivity contribution in [3.05, 3.63) is 47.3 Å². The van der Waals surface area contributed by atoms with Crippen molar-refractivity contribution in [1.29, 1.82) is 0 Å². The lowest BCUT2D eigenvalue weighted by atomic mass is 10.1. The molecule has 140 valence electrons. The SMILES string of the molecule is Cn1nc(C(F)(F)F)cc1C(=O)Nc1ccc(CN2CCCCC2)cc1. The van der Waals surface area contributed by atoms with Gasteiger partial charge in [-0.15, -0.1) is 0 Å². The summed E-state index contributed by atoms with van der Waals surface area (Å²) >= 11 is 0. The molecule has 1 N–H and O–H groups in total. The molecular formula is C18H21F3N4O. The minimum atomic E-state index is -4.58. The van der Waals surface area contributed by atoms with Gasteiger partial charge in [-0.05, 0) is 43.6 Å². The molecule has 1 aliphatic heterocycles.